The highest BCUT2D eigenvalue weighted by Gasteiger charge is 2.11. The van der Waals surface area contributed by atoms with Crippen molar-refractivity contribution in [1.29, 1.82) is 0 Å². The second kappa shape index (κ2) is 5.11. The van der Waals surface area contributed by atoms with Crippen molar-refractivity contribution >= 4 is 15.9 Å². The molecule has 1 aromatic rings. The van der Waals surface area contributed by atoms with Crippen LogP contribution in [0.4, 0.5) is 0 Å². The molecule has 17 heavy (non-hydrogen) atoms. The highest BCUT2D eigenvalue weighted by molar-refractivity contribution is 7.89. The number of rotatable bonds is 4. The van der Waals surface area contributed by atoms with Crippen LogP contribution in [0.25, 0.3) is 0 Å². The zero-order valence-corrected chi connectivity index (χ0v) is 10.3. The molecule has 1 amide bonds. The third kappa shape index (κ3) is 4.01. The van der Waals surface area contributed by atoms with Gasteiger partial charge in [-0.2, -0.15) is 0 Å². The monoisotopic (exact) mass is 254 g/mol. The summed E-state index contributed by atoms with van der Waals surface area (Å²) < 4.78 is 22.2. The van der Waals surface area contributed by atoms with Gasteiger partial charge in [0.05, 0.1) is 4.90 Å². The molecule has 6 heteroatoms. The van der Waals surface area contributed by atoms with Crippen molar-refractivity contribution in [3.63, 3.8) is 0 Å². The van der Waals surface area contributed by atoms with E-state index < -0.39 is 10.0 Å². The normalized spacial score (nSPS) is 10.9. The number of primary sulfonamides is 1. The predicted molar refractivity (Wildman–Crippen MR) is 65.0 cm³/mol. The van der Waals surface area contributed by atoms with Crippen LogP contribution in [-0.4, -0.2) is 20.9 Å². The smallest absolute Gasteiger partial charge is 0.251 e. The van der Waals surface area contributed by atoms with Crippen LogP contribution in [0, 0.1) is 0 Å². The summed E-state index contributed by atoms with van der Waals surface area (Å²) in [4.78, 5) is 11.6. The molecule has 0 fully saturated rings. The van der Waals surface area contributed by atoms with E-state index in [-0.39, 0.29) is 16.4 Å². The Balaban J connectivity index is 2.93. The third-order valence-electron chi connectivity index (χ3n) is 1.98. The Labute approximate surface area is 100 Å². The first-order valence-electron chi connectivity index (χ1n) is 4.86. The zero-order chi connectivity index (χ0) is 13.1. The van der Waals surface area contributed by atoms with Crippen molar-refractivity contribution in [3.05, 3.63) is 42.0 Å². The Morgan fingerprint density at radius 3 is 2.65 bits per heavy atom. The molecule has 0 aliphatic carbocycles. The molecule has 92 valence electrons. The van der Waals surface area contributed by atoms with Crippen molar-refractivity contribution in [1.82, 2.24) is 5.32 Å². The fourth-order valence-corrected chi connectivity index (χ4v) is 1.71. The maximum atomic E-state index is 11.6. The highest BCUT2D eigenvalue weighted by atomic mass is 32.2. The molecule has 0 radical (unpaired) electrons. The Morgan fingerprint density at radius 2 is 2.12 bits per heavy atom. The first-order valence-corrected chi connectivity index (χ1v) is 6.41. The number of sulfonamides is 1. The maximum Gasteiger partial charge on any atom is 0.251 e. The summed E-state index contributed by atoms with van der Waals surface area (Å²) in [6.45, 7) is 5.77. The number of carbonyl (C=O) groups excluding carboxylic acids is 1. The lowest BCUT2D eigenvalue weighted by atomic mass is 10.2. The largest absolute Gasteiger partial charge is 0.348 e. The van der Waals surface area contributed by atoms with Crippen molar-refractivity contribution < 1.29 is 13.2 Å². The fraction of sp³-hybridized carbons (Fsp3) is 0.182. The molecule has 1 aromatic carbocycles. The zero-order valence-electron chi connectivity index (χ0n) is 9.43. The van der Waals surface area contributed by atoms with Gasteiger partial charge < -0.3 is 5.32 Å². The highest BCUT2D eigenvalue weighted by Crippen LogP contribution is 2.09. The minimum atomic E-state index is -3.79. The summed E-state index contributed by atoms with van der Waals surface area (Å²) in [5.74, 6) is -0.363. The van der Waals surface area contributed by atoms with Crippen LogP contribution in [0.2, 0.25) is 0 Å². The van der Waals surface area contributed by atoms with Gasteiger partial charge in [0, 0.05) is 12.1 Å². The topological polar surface area (TPSA) is 89.3 Å². The molecular formula is C11H14N2O3S. The number of nitrogens with two attached hydrogens (primary N) is 1. The molecule has 0 bridgehead atoms. The summed E-state index contributed by atoms with van der Waals surface area (Å²) in [7, 11) is -3.79. The molecule has 1 rings (SSSR count). The number of hydrogen-bond donors (Lipinski definition) is 2. The number of amides is 1. The van der Waals surface area contributed by atoms with Gasteiger partial charge >= 0.3 is 0 Å². The van der Waals surface area contributed by atoms with E-state index in [0.29, 0.717) is 6.54 Å². The van der Waals surface area contributed by atoms with Gasteiger partial charge in [-0.3, -0.25) is 4.79 Å². The first-order chi connectivity index (χ1) is 7.80. The summed E-state index contributed by atoms with van der Waals surface area (Å²) in [6.07, 6.45) is 0. The number of carbonyl (C=O) groups is 1. The van der Waals surface area contributed by atoms with Gasteiger partial charge in [-0.25, -0.2) is 13.6 Å². The average Bonchev–Trinajstić information content (AvgIpc) is 2.25. The lowest BCUT2D eigenvalue weighted by Gasteiger charge is -2.05. The van der Waals surface area contributed by atoms with E-state index in [4.69, 9.17) is 5.14 Å². The van der Waals surface area contributed by atoms with E-state index in [2.05, 4.69) is 11.9 Å². The minimum absolute atomic E-state index is 0.0829. The number of nitrogens with one attached hydrogen (secondary N) is 1. The third-order valence-corrected chi connectivity index (χ3v) is 2.89. The molecule has 0 aliphatic heterocycles. The van der Waals surface area contributed by atoms with Crippen molar-refractivity contribution in [2.24, 2.45) is 5.14 Å². The van der Waals surface area contributed by atoms with Crippen LogP contribution in [-0.2, 0) is 10.0 Å². The van der Waals surface area contributed by atoms with Gasteiger partial charge in [0.15, 0.2) is 0 Å². The van der Waals surface area contributed by atoms with Gasteiger partial charge in [-0.15, -0.1) is 0 Å². The van der Waals surface area contributed by atoms with Crippen LogP contribution < -0.4 is 10.5 Å². The summed E-state index contributed by atoms with van der Waals surface area (Å²) >= 11 is 0. The summed E-state index contributed by atoms with van der Waals surface area (Å²) in [5, 5.41) is 7.58. The van der Waals surface area contributed by atoms with Gasteiger partial charge in [0.2, 0.25) is 10.0 Å². The van der Waals surface area contributed by atoms with Gasteiger partial charge in [-0.1, -0.05) is 18.2 Å². The molecule has 0 saturated heterocycles. The van der Waals surface area contributed by atoms with Crippen LogP contribution in [0.1, 0.15) is 17.3 Å². The molecular weight excluding hydrogens is 240 g/mol. The molecule has 5 nitrogen and oxygen atoms in total. The Bertz CT molecular complexity index is 550. The Morgan fingerprint density at radius 1 is 1.47 bits per heavy atom. The lowest BCUT2D eigenvalue weighted by Crippen LogP contribution is -2.25. The fourth-order valence-electron chi connectivity index (χ4n) is 1.15. The second-order valence-corrected chi connectivity index (χ2v) is 5.27. The molecule has 0 aromatic heterocycles. The molecule has 3 N–H and O–H groups in total. The van der Waals surface area contributed by atoms with E-state index in [1.54, 1.807) is 6.92 Å². The molecule has 0 aliphatic rings. The SMILES string of the molecule is C=C(C)CNC(=O)c1cccc(S(N)(=O)=O)c1. The van der Waals surface area contributed by atoms with Crippen LogP contribution in [0.3, 0.4) is 0 Å². The Kier molecular flexibility index (Phi) is 4.03. The molecule has 0 spiro atoms. The van der Waals surface area contributed by atoms with E-state index in [1.807, 2.05) is 0 Å². The maximum absolute atomic E-state index is 11.6. The van der Waals surface area contributed by atoms with E-state index in [1.165, 1.54) is 24.3 Å². The van der Waals surface area contributed by atoms with Crippen molar-refractivity contribution in [2.75, 3.05) is 6.54 Å². The average molecular weight is 254 g/mol. The van der Waals surface area contributed by atoms with Gasteiger partial charge in [-0.05, 0) is 25.1 Å². The van der Waals surface area contributed by atoms with Crippen LogP contribution >= 0.6 is 0 Å². The molecule has 0 saturated carbocycles. The van der Waals surface area contributed by atoms with E-state index in [9.17, 15) is 13.2 Å². The van der Waals surface area contributed by atoms with Crippen LogP contribution in [0.15, 0.2) is 41.3 Å². The van der Waals surface area contributed by atoms with Crippen LogP contribution in [0.5, 0.6) is 0 Å². The molecule has 0 heterocycles. The quantitative estimate of drug-likeness (QED) is 0.773. The molecule has 0 atom stereocenters. The van der Waals surface area contributed by atoms with Gasteiger partial charge in [0.25, 0.3) is 5.91 Å². The number of benzene rings is 1. The van der Waals surface area contributed by atoms with E-state index in [0.717, 1.165) is 5.57 Å². The molecule has 0 unspecified atom stereocenters. The Hall–Kier alpha value is -1.66. The summed E-state index contributed by atoms with van der Waals surface area (Å²) in [5.41, 5.74) is 1.05. The summed E-state index contributed by atoms with van der Waals surface area (Å²) in [6, 6.07) is 5.56. The van der Waals surface area contributed by atoms with Crippen molar-refractivity contribution in [2.45, 2.75) is 11.8 Å². The second-order valence-electron chi connectivity index (χ2n) is 3.71. The minimum Gasteiger partial charge on any atom is -0.348 e. The lowest BCUT2D eigenvalue weighted by molar-refractivity contribution is 0.0957. The van der Waals surface area contributed by atoms with E-state index >= 15 is 0 Å². The number of hydrogen-bond acceptors (Lipinski definition) is 3. The predicted octanol–water partition coefficient (Wildman–Crippen LogP) is 0.640. The first kappa shape index (κ1) is 13.4. The van der Waals surface area contributed by atoms with Crippen molar-refractivity contribution in [3.8, 4) is 0 Å². The standard InChI is InChI=1S/C11H14N2O3S/c1-8(2)7-13-11(14)9-4-3-5-10(6-9)17(12,15)16/h3-6H,1,7H2,2H3,(H,13,14)(H2,12,15,16). The van der Waals surface area contributed by atoms with Gasteiger partial charge in [0.1, 0.15) is 0 Å².